The van der Waals surface area contributed by atoms with Gasteiger partial charge in [-0.05, 0) is 26.0 Å². The molecule has 0 saturated carbocycles. The molecule has 3 aromatic rings. The Kier molecular flexibility index (Phi) is 3.91. The van der Waals surface area contributed by atoms with Crippen LogP contribution in [0.25, 0.3) is 0 Å². The van der Waals surface area contributed by atoms with E-state index in [0.29, 0.717) is 24.5 Å². The molecule has 0 atom stereocenters. The number of aromatic nitrogens is 3. The predicted octanol–water partition coefficient (Wildman–Crippen LogP) is 3.29. The van der Waals surface area contributed by atoms with Gasteiger partial charge in [0.15, 0.2) is 5.82 Å². The molecule has 6 heteroatoms. The van der Waals surface area contributed by atoms with Gasteiger partial charge in [0, 0.05) is 17.7 Å². The Balaban J connectivity index is 1.72. The second-order valence-electron chi connectivity index (χ2n) is 5.13. The molecule has 2 aromatic heterocycles. The van der Waals surface area contributed by atoms with Gasteiger partial charge in [0.2, 0.25) is 0 Å². The highest BCUT2D eigenvalue weighted by molar-refractivity contribution is 5.39. The topological polar surface area (TPSA) is 55.9 Å². The number of hydrogen-bond donors (Lipinski definition) is 1. The summed E-state index contributed by atoms with van der Waals surface area (Å²) in [6, 6.07) is 8.60. The summed E-state index contributed by atoms with van der Waals surface area (Å²) in [6.45, 7) is 4.80. The third-order valence-electron chi connectivity index (χ3n) is 3.67. The summed E-state index contributed by atoms with van der Waals surface area (Å²) in [7, 11) is 0. The Morgan fingerprint density at radius 3 is 2.73 bits per heavy atom. The number of nitrogens with zero attached hydrogens (tertiary/aromatic N) is 3. The van der Waals surface area contributed by atoms with Crippen molar-refractivity contribution in [3.8, 4) is 0 Å². The van der Waals surface area contributed by atoms with Crippen LogP contribution >= 0.6 is 0 Å². The van der Waals surface area contributed by atoms with Crippen molar-refractivity contribution >= 4 is 5.82 Å². The van der Waals surface area contributed by atoms with Crippen LogP contribution in [0.1, 0.15) is 22.6 Å². The van der Waals surface area contributed by atoms with E-state index in [-0.39, 0.29) is 5.82 Å². The van der Waals surface area contributed by atoms with Gasteiger partial charge in [-0.1, -0.05) is 23.4 Å². The lowest BCUT2D eigenvalue weighted by Crippen LogP contribution is -2.06. The number of halogens is 1. The quantitative estimate of drug-likeness (QED) is 0.785. The van der Waals surface area contributed by atoms with Gasteiger partial charge in [-0.2, -0.15) is 0 Å². The second kappa shape index (κ2) is 6.01. The molecule has 0 spiro atoms. The summed E-state index contributed by atoms with van der Waals surface area (Å²) in [5.41, 5.74) is 2.53. The Morgan fingerprint density at radius 2 is 2.00 bits per heavy atom. The van der Waals surface area contributed by atoms with Crippen molar-refractivity contribution in [1.29, 1.82) is 0 Å². The van der Waals surface area contributed by atoms with Crippen LogP contribution in [0.3, 0.4) is 0 Å². The maximum absolute atomic E-state index is 13.7. The molecule has 5 nitrogen and oxygen atoms in total. The number of furan rings is 1. The summed E-state index contributed by atoms with van der Waals surface area (Å²) in [5, 5.41) is 11.4. The van der Waals surface area contributed by atoms with E-state index in [0.717, 1.165) is 17.0 Å². The zero-order chi connectivity index (χ0) is 15.5. The molecule has 0 unspecified atom stereocenters. The van der Waals surface area contributed by atoms with Gasteiger partial charge in [0.1, 0.15) is 11.6 Å². The van der Waals surface area contributed by atoms with Gasteiger partial charge in [-0.3, -0.25) is 0 Å². The van der Waals surface area contributed by atoms with Crippen LogP contribution in [0, 0.1) is 19.7 Å². The van der Waals surface area contributed by atoms with Crippen LogP contribution in [0.15, 0.2) is 41.0 Å². The van der Waals surface area contributed by atoms with Gasteiger partial charge in [-0.25, -0.2) is 9.07 Å². The van der Waals surface area contributed by atoms with Crippen LogP contribution in [-0.2, 0) is 13.1 Å². The molecule has 0 bridgehead atoms. The van der Waals surface area contributed by atoms with Crippen molar-refractivity contribution in [2.24, 2.45) is 0 Å². The molecular formula is C16H17FN4O. The molecule has 114 valence electrons. The zero-order valence-corrected chi connectivity index (χ0v) is 12.5. The van der Waals surface area contributed by atoms with Crippen molar-refractivity contribution in [2.75, 3.05) is 5.32 Å². The molecule has 0 aliphatic rings. The van der Waals surface area contributed by atoms with Crippen LogP contribution < -0.4 is 5.32 Å². The first-order chi connectivity index (χ1) is 10.6. The van der Waals surface area contributed by atoms with E-state index in [2.05, 4.69) is 15.6 Å². The largest absolute Gasteiger partial charge is 0.469 e. The first kappa shape index (κ1) is 14.3. The van der Waals surface area contributed by atoms with Crippen LogP contribution in [0.5, 0.6) is 0 Å². The molecule has 22 heavy (non-hydrogen) atoms. The van der Waals surface area contributed by atoms with Gasteiger partial charge in [0.05, 0.1) is 18.5 Å². The average molecular weight is 300 g/mol. The standard InChI is InChI=1S/C16H17FN4O/c1-11-16(18-9-13-7-8-22-12(13)2)19-20-21(11)10-14-5-3-4-6-15(14)17/h3-8,18H,9-10H2,1-2H3. The maximum Gasteiger partial charge on any atom is 0.171 e. The van der Waals surface area contributed by atoms with Crippen LogP contribution in [0.4, 0.5) is 10.2 Å². The average Bonchev–Trinajstić information content (AvgIpc) is 3.07. The molecule has 0 saturated heterocycles. The highest BCUT2D eigenvalue weighted by Gasteiger charge is 2.11. The molecular weight excluding hydrogens is 283 g/mol. The van der Waals surface area contributed by atoms with Crippen molar-refractivity contribution in [1.82, 2.24) is 15.0 Å². The van der Waals surface area contributed by atoms with Gasteiger partial charge in [0.25, 0.3) is 0 Å². The molecule has 0 aliphatic heterocycles. The minimum atomic E-state index is -0.235. The lowest BCUT2D eigenvalue weighted by Gasteiger charge is -2.06. The van der Waals surface area contributed by atoms with E-state index >= 15 is 0 Å². The third kappa shape index (κ3) is 2.86. The maximum atomic E-state index is 13.7. The van der Waals surface area contributed by atoms with E-state index in [1.54, 1.807) is 23.1 Å². The van der Waals surface area contributed by atoms with Gasteiger partial charge in [-0.15, -0.1) is 5.10 Å². The summed E-state index contributed by atoms with van der Waals surface area (Å²) in [4.78, 5) is 0. The first-order valence-electron chi connectivity index (χ1n) is 7.05. The fourth-order valence-corrected chi connectivity index (χ4v) is 2.24. The minimum absolute atomic E-state index is 0.235. The lowest BCUT2D eigenvalue weighted by atomic mass is 10.2. The SMILES string of the molecule is Cc1occc1CNc1nnn(Cc2ccccc2F)c1C. The van der Waals surface area contributed by atoms with Crippen molar-refractivity contribution in [3.05, 3.63) is 65.0 Å². The van der Waals surface area contributed by atoms with E-state index in [1.165, 1.54) is 6.07 Å². The number of rotatable bonds is 5. The van der Waals surface area contributed by atoms with Crippen LogP contribution in [-0.4, -0.2) is 15.0 Å². The second-order valence-corrected chi connectivity index (χ2v) is 5.13. The van der Waals surface area contributed by atoms with Gasteiger partial charge >= 0.3 is 0 Å². The Labute approximate surface area is 127 Å². The number of benzene rings is 1. The molecule has 0 aliphatic carbocycles. The summed E-state index contributed by atoms with van der Waals surface area (Å²) in [5.74, 6) is 1.33. The molecule has 3 rings (SSSR count). The zero-order valence-electron chi connectivity index (χ0n) is 12.5. The number of aryl methyl sites for hydroxylation is 1. The Bertz CT molecular complexity index is 778. The normalized spacial score (nSPS) is 10.9. The highest BCUT2D eigenvalue weighted by atomic mass is 19.1. The minimum Gasteiger partial charge on any atom is -0.469 e. The number of hydrogen-bond acceptors (Lipinski definition) is 4. The summed E-state index contributed by atoms with van der Waals surface area (Å²) < 4.78 is 20.6. The number of anilines is 1. The Morgan fingerprint density at radius 1 is 1.18 bits per heavy atom. The highest BCUT2D eigenvalue weighted by Crippen LogP contribution is 2.16. The third-order valence-corrected chi connectivity index (χ3v) is 3.67. The number of nitrogens with one attached hydrogen (secondary N) is 1. The molecule has 1 aromatic carbocycles. The van der Waals surface area contributed by atoms with Crippen molar-refractivity contribution in [2.45, 2.75) is 26.9 Å². The lowest BCUT2D eigenvalue weighted by molar-refractivity contribution is 0.530. The predicted molar refractivity (Wildman–Crippen MR) is 81.0 cm³/mol. The fraction of sp³-hybridized carbons (Fsp3) is 0.250. The summed E-state index contributed by atoms with van der Waals surface area (Å²) >= 11 is 0. The molecule has 0 radical (unpaired) electrons. The van der Waals surface area contributed by atoms with Crippen LogP contribution in [0.2, 0.25) is 0 Å². The molecule has 0 fully saturated rings. The van der Waals surface area contributed by atoms with E-state index in [1.807, 2.05) is 26.0 Å². The van der Waals surface area contributed by atoms with Crippen molar-refractivity contribution in [3.63, 3.8) is 0 Å². The first-order valence-corrected chi connectivity index (χ1v) is 7.05. The van der Waals surface area contributed by atoms with E-state index in [9.17, 15) is 4.39 Å². The van der Waals surface area contributed by atoms with E-state index in [4.69, 9.17) is 4.42 Å². The Hall–Kier alpha value is -2.63. The molecule has 1 N–H and O–H groups in total. The molecule has 0 amide bonds. The summed E-state index contributed by atoms with van der Waals surface area (Å²) in [6.07, 6.45) is 1.66. The monoisotopic (exact) mass is 300 g/mol. The smallest absolute Gasteiger partial charge is 0.171 e. The van der Waals surface area contributed by atoms with E-state index < -0.39 is 0 Å². The van der Waals surface area contributed by atoms with Gasteiger partial charge < -0.3 is 9.73 Å². The fourth-order valence-electron chi connectivity index (χ4n) is 2.24. The van der Waals surface area contributed by atoms with Crippen molar-refractivity contribution < 1.29 is 8.81 Å². The molecule has 2 heterocycles.